The van der Waals surface area contributed by atoms with Crippen LogP contribution < -0.4 is 19.1 Å². The number of benzene rings is 3. The summed E-state index contributed by atoms with van der Waals surface area (Å²) >= 11 is 0. The fraction of sp³-hybridized carbons (Fsp3) is 0.280. The van der Waals surface area contributed by atoms with Gasteiger partial charge in [0.1, 0.15) is 16.4 Å². The summed E-state index contributed by atoms with van der Waals surface area (Å²) in [6, 6.07) is 21.6. The summed E-state index contributed by atoms with van der Waals surface area (Å²) in [7, 11) is -0.725. The molecule has 0 saturated heterocycles. The van der Waals surface area contributed by atoms with Crippen LogP contribution in [0.1, 0.15) is 16.7 Å². The Hall–Kier alpha value is -3.03. The Morgan fingerprint density at radius 1 is 0.938 bits per heavy atom. The average molecular weight is 453 g/mol. The molecule has 0 atom stereocenters. The van der Waals surface area contributed by atoms with E-state index in [1.807, 2.05) is 0 Å². The Kier molecular flexibility index (Phi) is 6.67. The highest BCUT2D eigenvalue weighted by Gasteiger charge is 2.20. The number of hydrogen-bond acceptors (Lipinski definition) is 5. The van der Waals surface area contributed by atoms with Crippen LogP contribution in [0.3, 0.4) is 0 Å². The number of methoxy groups -OCH3 is 2. The number of anilines is 1. The monoisotopic (exact) mass is 452 g/mol. The molecule has 0 unspecified atom stereocenters. The number of nitrogens with one attached hydrogen (secondary N) is 1. The second-order valence-electron chi connectivity index (χ2n) is 7.77. The van der Waals surface area contributed by atoms with E-state index in [-0.39, 0.29) is 10.6 Å². The van der Waals surface area contributed by atoms with Crippen molar-refractivity contribution in [3.63, 3.8) is 0 Å². The van der Waals surface area contributed by atoms with E-state index in [0.29, 0.717) is 18.7 Å². The number of nitrogens with zero attached hydrogens (tertiary/aromatic N) is 1. The van der Waals surface area contributed by atoms with Crippen LogP contribution in [0.4, 0.5) is 5.69 Å². The minimum absolute atomic E-state index is 0.0986. The summed E-state index contributed by atoms with van der Waals surface area (Å²) in [6.45, 7) is 2.22. The first-order valence-corrected chi connectivity index (χ1v) is 12.1. The van der Waals surface area contributed by atoms with Gasteiger partial charge in [0, 0.05) is 31.4 Å². The van der Waals surface area contributed by atoms with Gasteiger partial charge in [-0.15, -0.1) is 0 Å². The molecule has 0 bridgehead atoms. The Labute approximate surface area is 189 Å². The quantitative estimate of drug-likeness (QED) is 0.563. The lowest BCUT2D eigenvalue weighted by Crippen LogP contribution is -2.30. The molecule has 0 aliphatic carbocycles. The van der Waals surface area contributed by atoms with E-state index in [1.54, 1.807) is 12.1 Å². The minimum Gasteiger partial charge on any atom is -0.497 e. The van der Waals surface area contributed by atoms with E-state index >= 15 is 0 Å². The lowest BCUT2D eigenvalue weighted by molar-refractivity contribution is 0.386. The van der Waals surface area contributed by atoms with E-state index in [2.05, 4.69) is 58.2 Å². The number of sulfonamides is 1. The maximum absolute atomic E-state index is 12.7. The molecule has 168 valence electrons. The maximum atomic E-state index is 12.7. The predicted molar refractivity (Wildman–Crippen MR) is 126 cm³/mol. The van der Waals surface area contributed by atoms with Gasteiger partial charge in [-0.2, -0.15) is 0 Å². The number of rotatable bonds is 8. The largest absolute Gasteiger partial charge is 0.497 e. The van der Waals surface area contributed by atoms with E-state index in [0.717, 1.165) is 25.1 Å². The molecule has 4 rings (SSSR count). The predicted octanol–water partition coefficient (Wildman–Crippen LogP) is 3.79. The van der Waals surface area contributed by atoms with E-state index in [4.69, 9.17) is 9.47 Å². The molecule has 6 nitrogen and oxygen atoms in total. The first kappa shape index (κ1) is 22.2. The fourth-order valence-electron chi connectivity index (χ4n) is 3.99. The molecule has 0 aromatic heterocycles. The highest BCUT2D eigenvalue weighted by atomic mass is 32.2. The summed E-state index contributed by atoms with van der Waals surface area (Å²) < 4.78 is 38.5. The van der Waals surface area contributed by atoms with Gasteiger partial charge in [-0.3, -0.25) is 0 Å². The average Bonchev–Trinajstić information content (AvgIpc) is 2.83. The zero-order valence-corrected chi connectivity index (χ0v) is 19.2. The van der Waals surface area contributed by atoms with Gasteiger partial charge in [0.2, 0.25) is 10.0 Å². The summed E-state index contributed by atoms with van der Waals surface area (Å²) in [5.74, 6) is 0.794. The SMILES string of the molecule is COc1ccc(S(=O)(=O)NCCc2ccc(N3CCc4ccccc4C3)cc2)c(OC)c1. The fourth-order valence-corrected chi connectivity index (χ4v) is 5.17. The molecule has 1 aliphatic rings. The van der Waals surface area contributed by atoms with Gasteiger partial charge in [0.25, 0.3) is 0 Å². The lowest BCUT2D eigenvalue weighted by Gasteiger charge is -2.30. The van der Waals surface area contributed by atoms with Gasteiger partial charge in [-0.05, 0) is 53.8 Å². The molecule has 3 aromatic carbocycles. The van der Waals surface area contributed by atoms with Crippen molar-refractivity contribution in [1.29, 1.82) is 0 Å². The van der Waals surface area contributed by atoms with Crippen molar-refractivity contribution in [2.45, 2.75) is 24.3 Å². The van der Waals surface area contributed by atoms with E-state index in [1.165, 1.54) is 37.1 Å². The van der Waals surface area contributed by atoms with Crippen LogP contribution in [-0.4, -0.2) is 35.7 Å². The van der Waals surface area contributed by atoms with Crippen LogP contribution >= 0.6 is 0 Å². The van der Waals surface area contributed by atoms with Crippen LogP contribution in [0.2, 0.25) is 0 Å². The zero-order chi connectivity index (χ0) is 22.6. The summed E-state index contributed by atoms with van der Waals surface area (Å²) in [4.78, 5) is 2.48. The molecule has 1 heterocycles. The minimum atomic E-state index is -3.69. The Morgan fingerprint density at radius 2 is 1.69 bits per heavy atom. The van der Waals surface area contributed by atoms with Crippen molar-refractivity contribution in [3.05, 3.63) is 83.4 Å². The van der Waals surface area contributed by atoms with Crippen molar-refractivity contribution < 1.29 is 17.9 Å². The van der Waals surface area contributed by atoms with Gasteiger partial charge in [0.15, 0.2) is 0 Å². The highest BCUT2D eigenvalue weighted by Crippen LogP contribution is 2.28. The third kappa shape index (κ3) is 4.89. The zero-order valence-electron chi connectivity index (χ0n) is 18.4. The van der Waals surface area contributed by atoms with Crippen LogP contribution in [0, 0.1) is 0 Å². The van der Waals surface area contributed by atoms with E-state index < -0.39 is 10.0 Å². The first-order valence-electron chi connectivity index (χ1n) is 10.6. The second-order valence-corrected chi connectivity index (χ2v) is 9.51. The normalized spacial score (nSPS) is 13.5. The molecule has 7 heteroatoms. The van der Waals surface area contributed by atoms with Gasteiger partial charge in [-0.25, -0.2) is 13.1 Å². The molecular weight excluding hydrogens is 424 g/mol. The van der Waals surface area contributed by atoms with Gasteiger partial charge in [-0.1, -0.05) is 36.4 Å². The smallest absolute Gasteiger partial charge is 0.244 e. The third-order valence-corrected chi connectivity index (χ3v) is 7.30. The standard InChI is InChI=1S/C25H28N2O4S/c1-30-23-11-12-25(24(17-23)31-2)32(28,29)26-15-13-19-7-9-22(10-8-19)27-16-14-20-5-3-4-6-21(20)18-27/h3-12,17,26H,13-16,18H2,1-2H3. The molecule has 0 radical (unpaired) electrons. The third-order valence-electron chi connectivity index (χ3n) is 5.80. The summed E-state index contributed by atoms with van der Waals surface area (Å²) in [6.07, 6.45) is 1.65. The van der Waals surface area contributed by atoms with Crippen LogP contribution in [0.5, 0.6) is 11.5 Å². The van der Waals surface area contributed by atoms with Crippen molar-refractivity contribution in [1.82, 2.24) is 4.72 Å². The molecule has 1 N–H and O–H groups in total. The van der Waals surface area contributed by atoms with Gasteiger partial charge in [0.05, 0.1) is 14.2 Å². The van der Waals surface area contributed by atoms with Crippen LogP contribution in [0.25, 0.3) is 0 Å². The number of hydrogen-bond donors (Lipinski definition) is 1. The van der Waals surface area contributed by atoms with Gasteiger partial charge >= 0.3 is 0 Å². The Bertz CT molecular complexity index is 1180. The highest BCUT2D eigenvalue weighted by molar-refractivity contribution is 7.89. The lowest BCUT2D eigenvalue weighted by atomic mass is 9.99. The first-order chi connectivity index (χ1) is 15.5. The number of ether oxygens (including phenoxy) is 2. The van der Waals surface area contributed by atoms with Crippen LogP contribution in [-0.2, 0) is 29.4 Å². The van der Waals surface area contributed by atoms with Crippen molar-refractivity contribution in [2.75, 3.05) is 32.2 Å². The van der Waals surface area contributed by atoms with Crippen LogP contribution in [0.15, 0.2) is 71.6 Å². The molecule has 0 spiro atoms. The molecule has 0 saturated carbocycles. The Morgan fingerprint density at radius 3 is 2.41 bits per heavy atom. The summed E-state index contributed by atoms with van der Waals surface area (Å²) in [5.41, 5.74) is 5.08. The number of fused-ring (bicyclic) bond motifs is 1. The maximum Gasteiger partial charge on any atom is 0.244 e. The van der Waals surface area contributed by atoms with Crippen molar-refractivity contribution in [2.24, 2.45) is 0 Å². The van der Waals surface area contributed by atoms with Crippen molar-refractivity contribution >= 4 is 15.7 Å². The van der Waals surface area contributed by atoms with Gasteiger partial charge < -0.3 is 14.4 Å². The molecule has 1 aliphatic heterocycles. The molecule has 32 heavy (non-hydrogen) atoms. The summed E-state index contributed by atoms with van der Waals surface area (Å²) in [5, 5.41) is 0. The van der Waals surface area contributed by atoms with E-state index in [9.17, 15) is 8.42 Å². The van der Waals surface area contributed by atoms with Crippen molar-refractivity contribution in [3.8, 4) is 11.5 Å². The second kappa shape index (κ2) is 9.63. The molecule has 3 aromatic rings. The molecular formula is C25H28N2O4S. The molecule has 0 fully saturated rings. The molecule has 0 amide bonds. The Balaban J connectivity index is 1.36. The topological polar surface area (TPSA) is 67.9 Å².